The SMILES string of the molecule is C/C=C/Cc1c(C)c(O)cc(C)c1O. The highest BCUT2D eigenvalue weighted by Crippen LogP contribution is 2.32. The van der Waals surface area contributed by atoms with Crippen LogP contribution in [-0.2, 0) is 6.42 Å². The Morgan fingerprint density at radius 1 is 1.29 bits per heavy atom. The van der Waals surface area contributed by atoms with Gasteiger partial charge in [-0.15, -0.1) is 0 Å². The molecule has 2 heteroatoms. The molecule has 0 aliphatic heterocycles. The molecule has 2 N–H and O–H groups in total. The van der Waals surface area contributed by atoms with Crippen LogP contribution in [0.1, 0.15) is 23.6 Å². The maximum atomic E-state index is 9.78. The third kappa shape index (κ3) is 1.90. The van der Waals surface area contributed by atoms with Crippen LogP contribution in [0.25, 0.3) is 0 Å². The summed E-state index contributed by atoms with van der Waals surface area (Å²) in [6.07, 6.45) is 4.54. The highest BCUT2D eigenvalue weighted by Gasteiger charge is 2.10. The fourth-order valence-corrected chi connectivity index (χ4v) is 1.44. The molecule has 0 heterocycles. The smallest absolute Gasteiger partial charge is 0.122 e. The first kappa shape index (κ1) is 10.6. The number of phenols is 2. The summed E-state index contributed by atoms with van der Waals surface area (Å²) < 4.78 is 0. The number of rotatable bonds is 2. The minimum atomic E-state index is 0.250. The van der Waals surface area contributed by atoms with Gasteiger partial charge in [0.15, 0.2) is 0 Å². The van der Waals surface area contributed by atoms with Crippen LogP contribution >= 0.6 is 0 Å². The number of hydrogen-bond acceptors (Lipinski definition) is 2. The van der Waals surface area contributed by atoms with Crippen LogP contribution in [0, 0.1) is 13.8 Å². The van der Waals surface area contributed by atoms with Gasteiger partial charge in [-0.1, -0.05) is 12.2 Å². The van der Waals surface area contributed by atoms with E-state index in [9.17, 15) is 10.2 Å². The molecule has 0 radical (unpaired) electrons. The molecule has 1 aromatic rings. The average Bonchev–Trinajstić information content (AvgIpc) is 2.15. The van der Waals surface area contributed by atoms with Crippen LogP contribution in [-0.4, -0.2) is 10.2 Å². The van der Waals surface area contributed by atoms with Gasteiger partial charge in [0.05, 0.1) is 0 Å². The van der Waals surface area contributed by atoms with Gasteiger partial charge in [-0.05, 0) is 44.4 Å². The van der Waals surface area contributed by atoms with Crippen molar-refractivity contribution in [3.8, 4) is 11.5 Å². The largest absolute Gasteiger partial charge is 0.508 e. The summed E-state index contributed by atoms with van der Waals surface area (Å²) in [7, 11) is 0. The zero-order chi connectivity index (χ0) is 10.7. The Labute approximate surface area is 84.5 Å². The summed E-state index contributed by atoms with van der Waals surface area (Å²) in [4.78, 5) is 0. The summed E-state index contributed by atoms with van der Waals surface area (Å²) in [5, 5.41) is 19.4. The molecule has 0 aliphatic carbocycles. The summed E-state index contributed by atoms with van der Waals surface area (Å²) in [6.45, 7) is 5.53. The Kier molecular flexibility index (Phi) is 3.18. The standard InChI is InChI=1S/C12H16O2/c1-4-5-6-10-9(3)11(13)7-8(2)12(10)14/h4-5,7,13-14H,6H2,1-3H3/b5-4+. The quantitative estimate of drug-likeness (QED) is 0.558. The van der Waals surface area contributed by atoms with Gasteiger partial charge in [0.1, 0.15) is 11.5 Å². The summed E-state index contributed by atoms with van der Waals surface area (Å²) >= 11 is 0. The van der Waals surface area contributed by atoms with Crippen LogP contribution in [0.2, 0.25) is 0 Å². The first-order chi connectivity index (χ1) is 6.57. The van der Waals surface area contributed by atoms with Crippen molar-refractivity contribution >= 4 is 0 Å². The minimum Gasteiger partial charge on any atom is -0.508 e. The van der Waals surface area contributed by atoms with E-state index >= 15 is 0 Å². The van der Waals surface area contributed by atoms with Crippen molar-refractivity contribution in [2.45, 2.75) is 27.2 Å². The lowest BCUT2D eigenvalue weighted by atomic mass is 10.00. The number of hydrogen-bond donors (Lipinski definition) is 2. The molecule has 0 unspecified atom stereocenters. The van der Waals surface area contributed by atoms with Crippen molar-refractivity contribution < 1.29 is 10.2 Å². The van der Waals surface area contributed by atoms with E-state index in [2.05, 4.69) is 0 Å². The second kappa shape index (κ2) is 4.18. The molecule has 0 saturated heterocycles. The first-order valence-electron chi connectivity index (χ1n) is 4.70. The lowest BCUT2D eigenvalue weighted by molar-refractivity contribution is 0.448. The Bertz CT molecular complexity index is 339. The van der Waals surface area contributed by atoms with E-state index in [1.165, 1.54) is 0 Å². The highest BCUT2D eigenvalue weighted by atomic mass is 16.3. The number of aromatic hydroxyl groups is 2. The van der Waals surface area contributed by atoms with Gasteiger partial charge in [-0.3, -0.25) is 0 Å². The number of benzene rings is 1. The highest BCUT2D eigenvalue weighted by molar-refractivity contribution is 5.52. The van der Waals surface area contributed by atoms with Gasteiger partial charge in [-0.25, -0.2) is 0 Å². The van der Waals surface area contributed by atoms with Crippen molar-refractivity contribution in [1.82, 2.24) is 0 Å². The van der Waals surface area contributed by atoms with Crippen LogP contribution in [0.3, 0.4) is 0 Å². The molecular formula is C12H16O2. The molecule has 0 atom stereocenters. The van der Waals surface area contributed by atoms with Crippen molar-refractivity contribution in [3.05, 3.63) is 34.9 Å². The van der Waals surface area contributed by atoms with E-state index in [1.807, 2.05) is 26.0 Å². The van der Waals surface area contributed by atoms with Gasteiger partial charge in [-0.2, -0.15) is 0 Å². The average molecular weight is 192 g/mol. The van der Waals surface area contributed by atoms with Crippen molar-refractivity contribution in [3.63, 3.8) is 0 Å². The Hall–Kier alpha value is -1.44. The summed E-state index contributed by atoms with van der Waals surface area (Å²) in [6, 6.07) is 1.59. The molecule has 0 amide bonds. The van der Waals surface area contributed by atoms with Gasteiger partial charge in [0, 0.05) is 5.56 Å². The monoisotopic (exact) mass is 192 g/mol. The fourth-order valence-electron chi connectivity index (χ4n) is 1.44. The van der Waals surface area contributed by atoms with Crippen LogP contribution in [0.5, 0.6) is 11.5 Å². The van der Waals surface area contributed by atoms with Gasteiger partial charge < -0.3 is 10.2 Å². The maximum absolute atomic E-state index is 9.78. The molecule has 0 aliphatic rings. The Balaban J connectivity index is 3.24. The lowest BCUT2D eigenvalue weighted by Crippen LogP contribution is -1.91. The summed E-state index contributed by atoms with van der Waals surface area (Å²) in [5.74, 6) is 0.540. The van der Waals surface area contributed by atoms with Gasteiger partial charge in [0.2, 0.25) is 0 Å². The van der Waals surface area contributed by atoms with Crippen molar-refractivity contribution in [2.24, 2.45) is 0 Å². The maximum Gasteiger partial charge on any atom is 0.122 e. The second-order valence-corrected chi connectivity index (χ2v) is 3.44. The molecule has 2 nitrogen and oxygen atoms in total. The van der Waals surface area contributed by atoms with E-state index in [-0.39, 0.29) is 5.75 Å². The second-order valence-electron chi connectivity index (χ2n) is 3.44. The van der Waals surface area contributed by atoms with Gasteiger partial charge >= 0.3 is 0 Å². The van der Waals surface area contributed by atoms with E-state index in [4.69, 9.17) is 0 Å². The summed E-state index contributed by atoms with van der Waals surface area (Å²) in [5.41, 5.74) is 2.28. The normalized spacial score (nSPS) is 11.1. The zero-order valence-electron chi connectivity index (χ0n) is 8.83. The molecule has 0 bridgehead atoms. The van der Waals surface area contributed by atoms with Crippen LogP contribution in [0.15, 0.2) is 18.2 Å². The Morgan fingerprint density at radius 3 is 2.50 bits per heavy atom. The first-order valence-corrected chi connectivity index (χ1v) is 4.70. The Morgan fingerprint density at radius 2 is 1.93 bits per heavy atom. The van der Waals surface area contributed by atoms with Crippen LogP contribution < -0.4 is 0 Å². The molecule has 0 spiro atoms. The fraction of sp³-hybridized carbons (Fsp3) is 0.333. The number of aryl methyl sites for hydroxylation is 1. The lowest BCUT2D eigenvalue weighted by Gasteiger charge is -2.10. The van der Waals surface area contributed by atoms with E-state index in [0.717, 1.165) is 11.1 Å². The molecule has 0 aromatic heterocycles. The molecular weight excluding hydrogens is 176 g/mol. The minimum absolute atomic E-state index is 0.250. The number of phenolic OH excluding ortho intramolecular Hbond substituents is 2. The van der Waals surface area contributed by atoms with Crippen molar-refractivity contribution in [1.29, 1.82) is 0 Å². The van der Waals surface area contributed by atoms with E-state index in [0.29, 0.717) is 17.7 Å². The van der Waals surface area contributed by atoms with Crippen molar-refractivity contribution in [2.75, 3.05) is 0 Å². The van der Waals surface area contributed by atoms with Crippen LogP contribution in [0.4, 0.5) is 0 Å². The van der Waals surface area contributed by atoms with Gasteiger partial charge in [0.25, 0.3) is 0 Å². The molecule has 14 heavy (non-hydrogen) atoms. The molecule has 76 valence electrons. The predicted octanol–water partition coefficient (Wildman–Crippen LogP) is 2.83. The number of allylic oxidation sites excluding steroid dienone is 2. The molecule has 0 saturated carbocycles. The topological polar surface area (TPSA) is 40.5 Å². The third-order valence-corrected chi connectivity index (χ3v) is 2.41. The zero-order valence-corrected chi connectivity index (χ0v) is 8.83. The van der Waals surface area contributed by atoms with E-state index in [1.54, 1.807) is 13.0 Å². The molecule has 1 rings (SSSR count). The van der Waals surface area contributed by atoms with E-state index < -0.39 is 0 Å². The molecule has 1 aromatic carbocycles. The molecule has 0 fully saturated rings. The third-order valence-electron chi connectivity index (χ3n) is 2.41. The predicted molar refractivity (Wildman–Crippen MR) is 57.8 cm³/mol.